The van der Waals surface area contributed by atoms with E-state index in [1.54, 1.807) is 0 Å². The van der Waals surface area contributed by atoms with Gasteiger partial charge in [-0.1, -0.05) is 24.3 Å². The van der Waals surface area contributed by atoms with Gasteiger partial charge in [0, 0.05) is 19.5 Å². The molecule has 0 unspecified atom stereocenters. The van der Waals surface area contributed by atoms with Crippen LogP contribution in [0.15, 0.2) is 42.6 Å². The zero-order valence-corrected chi connectivity index (χ0v) is 14.7. The van der Waals surface area contributed by atoms with Gasteiger partial charge >= 0.3 is 5.97 Å². The van der Waals surface area contributed by atoms with Gasteiger partial charge < -0.3 is 14.6 Å². The molecule has 0 amide bonds. The maximum absolute atomic E-state index is 11.5. The minimum atomic E-state index is -0.393. The Kier molecular flexibility index (Phi) is 4.12. The van der Waals surface area contributed by atoms with Crippen LogP contribution in [-0.2, 0) is 22.6 Å². The first-order valence-electron chi connectivity index (χ1n) is 8.57. The van der Waals surface area contributed by atoms with Gasteiger partial charge in [0.2, 0.25) is 0 Å². The molecule has 3 aromatic rings. The first kappa shape index (κ1) is 16.6. The Morgan fingerprint density at radius 2 is 2.12 bits per heavy atom. The molecule has 2 heterocycles. The minimum absolute atomic E-state index is 0.0984. The summed E-state index contributed by atoms with van der Waals surface area (Å²) in [5.41, 5.74) is 4.26. The van der Waals surface area contributed by atoms with Crippen LogP contribution in [0.25, 0.3) is 5.65 Å². The average molecular weight is 352 g/mol. The number of pyridine rings is 1. The molecule has 0 bridgehead atoms. The summed E-state index contributed by atoms with van der Waals surface area (Å²) in [6.07, 6.45) is 1.70. The zero-order valence-electron chi connectivity index (χ0n) is 14.7. The smallest absolute Gasteiger partial charge is 0.303 e. The van der Waals surface area contributed by atoms with E-state index in [9.17, 15) is 9.90 Å². The number of ether oxygens (including phenoxy) is 2. The van der Waals surface area contributed by atoms with E-state index in [1.165, 1.54) is 6.92 Å². The number of hydrogen-bond donors (Lipinski definition) is 1. The van der Waals surface area contributed by atoms with Crippen molar-refractivity contribution in [3.63, 3.8) is 0 Å². The molecule has 1 aromatic carbocycles. The predicted octanol–water partition coefficient (Wildman–Crippen LogP) is 2.74. The summed E-state index contributed by atoms with van der Waals surface area (Å²) < 4.78 is 13.6. The number of carbonyl (C=O) groups excluding carboxylic acids is 1. The largest absolute Gasteiger partial charge is 0.478 e. The number of fused-ring (bicyclic) bond motifs is 2. The molecular formula is C20H20N2O4. The Morgan fingerprint density at radius 3 is 2.88 bits per heavy atom. The van der Waals surface area contributed by atoms with Crippen molar-refractivity contribution in [3.8, 4) is 5.75 Å². The number of aryl methyl sites for hydroxylation is 1. The molecule has 4 rings (SSSR count). The number of aliphatic hydroxyl groups is 1. The van der Waals surface area contributed by atoms with E-state index in [-0.39, 0.29) is 18.7 Å². The molecule has 0 aliphatic heterocycles. The quantitative estimate of drug-likeness (QED) is 0.731. The van der Waals surface area contributed by atoms with E-state index < -0.39 is 6.10 Å². The molecule has 0 radical (unpaired) electrons. The number of carbonyl (C=O) groups is 1. The highest BCUT2D eigenvalue weighted by atomic mass is 16.6. The number of benzene rings is 1. The maximum Gasteiger partial charge on any atom is 0.303 e. The number of rotatable bonds is 4. The van der Waals surface area contributed by atoms with Crippen molar-refractivity contribution in [2.24, 2.45) is 0 Å². The lowest BCUT2D eigenvalue weighted by Gasteiger charge is -2.22. The second-order valence-corrected chi connectivity index (χ2v) is 6.46. The Hall–Kier alpha value is -2.86. The van der Waals surface area contributed by atoms with Crippen LogP contribution in [0.4, 0.5) is 0 Å². The molecule has 26 heavy (non-hydrogen) atoms. The van der Waals surface area contributed by atoms with Crippen LogP contribution in [0.2, 0.25) is 0 Å². The Morgan fingerprint density at radius 1 is 1.31 bits per heavy atom. The van der Waals surface area contributed by atoms with Crippen molar-refractivity contribution in [1.82, 2.24) is 9.38 Å². The molecule has 6 nitrogen and oxygen atoms in total. The number of nitrogens with zero attached hydrogens (tertiary/aromatic N) is 2. The van der Waals surface area contributed by atoms with Crippen molar-refractivity contribution in [2.45, 2.75) is 39.1 Å². The van der Waals surface area contributed by atoms with E-state index in [2.05, 4.69) is 4.98 Å². The van der Waals surface area contributed by atoms with Gasteiger partial charge in [0.15, 0.2) is 17.5 Å². The van der Waals surface area contributed by atoms with Crippen LogP contribution in [0, 0.1) is 6.92 Å². The SMILES string of the molecule is CC(=O)O[C@@H]1Cc2ccccc2[C@H]1Oc1cccn2c(CO)c(C)nc12. The summed E-state index contributed by atoms with van der Waals surface area (Å²) in [5.74, 6) is 0.267. The van der Waals surface area contributed by atoms with Gasteiger partial charge in [0.1, 0.15) is 6.10 Å². The molecule has 1 aliphatic rings. The summed E-state index contributed by atoms with van der Waals surface area (Å²) in [6, 6.07) is 11.6. The zero-order chi connectivity index (χ0) is 18.3. The summed E-state index contributed by atoms with van der Waals surface area (Å²) in [6.45, 7) is 3.17. The van der Waals surface area contributed by atoms with Gasteiger partial charge in [-0.15, -0.1) is 0 Å². The van der Waals surface area contributed by atoms with Crippen molar-refractivity contribution < 1.29 is 19.4 Å². The van der Waals surface area contributed by atoms with Gasteiger partial charge in [-0.2, -0.15) is 0 Å². The molecular weight excluding hydrogens is 332 g/mol. The second kappa shape index (κ2) is 6.46. The lowest BCUT2D eigenvalue weighted by Crippen LogP contribution is -2.25. The van der Waals surface area contributed by atoms with Crippen LogP contribution in [0.1, 0.15) is 35.5 Å². The molecule has 0 saturated heterocycles. The van der Waals surface area contributed by atoms with E-state index in [0.29, 0.717) is 17.8 Å². The fraction of sp³-hybridized carbons (Fsp3) is 0.300. The Labute approximate surface area is 151 Å². The fourth-order valence-electron chi connectivity index (χ4n) is 3.60. The number of esters is 1. The summed E-state index contributed by atoms with van der Waals surface area (Å²) >= 11 is 0. The van der Waals surface area contributed by atoms with Crippen LogP contribution in [-0.4, -0.2) is 26.6 Å². The Balaban J connectivity index is 1.75. The molecule has 0 saturated carbocycles. The van der Waals surface area contributed by atoms with Crippen molar-refractivity contribution in [2.75, 3.05) is 0 Å². The predicted molar refractivity (Wildman–Crippen MR) is 94.9 cm³/mol. The van der Waals surface area contributed by atoms with Crippen LogP contribution in [0.3, 0.4) is 0 Å². The molecule has 134 valence electrons. The van der Waals surface area contributed by atoms with Gasteiger partial charge in [0.05, 0.1) is 18.0 Å². The normalized spacial score (nSPS) is 18.7. The molecule has 1 N–H and O–H groups in total. The van der Waals surface area contributed by atoms with Crippen molar-refractivity contribution >= 4 is 11.6 Å². The van der Waals surface area contributed by atoms with E-state index in [0.717, 1.165) is 22.5 Å². The molecule has 0 fully saturated rings. The number of hydrogen-bond acceptors (Lipinski definition) is 5. The maximum atomic E-state index is 11.5. The molecule has 2 aromatic heterocycles. The first-order valence-corrected chi connectivity index (χ1v) is 8.57. The first-order chi connectivity index (χ1) is 12.6. The van der Waals surface area contributed by atoms with E-state index in [4.69, 9.17) is 9.47 Å². The van der Waals surface area contributed by atoms with Crippen LogP contribution in [0.5, 0.6) is 5.75 Å². The summed E-state index contributed by atoms with van der Waals surface area (Å²) in [7, 11) is 0. The molecule has 6 heteroatoms. The topological polar surface area (TPSA) is 73.1 Å². The third-order valence-corrected chi connectivity index (χ3v) is 4.75. The summed E-state index contributed by atoms with van der Waals surface area (Å²) in [5, 5.41) is 9.59. The van der Waals surface area contributed by atoms with Gasteiger partial charge in [-0.3, -0.25) is 9.20 Å². The van der Waals surface area contributed by atoms with Crippen LogP contribution < -0.4 is 4.74 Å². The van der Waals surface area contributed by atoms with E-state index in [1.807, 2.05) is 53.9 Å². The highest BCUT2D eigenvalue weighted by Crippen LogP contribution is 2.38. The number of aliphatic hydroxyl groups excluding tert-OH is 1. The third kappa shape index (κ3) is 2.72. The van der Waals surface area contributed by atoms with Crippen LogP contribution >= 0.6 is 0 Å². The standard InChI is InChI=1S/C20H20N2O4/c1-12-16(11-23)22-9-5-8-17(20(22)21-12)26-19-15-7-4-3-6-14(15)10-18(19)25-13(2)24/h3-9,18-19,23H,10-11H2,1-2H3/t18-,19-/m1/s1. The highest BCUT2D eigenvalue weighted by molar-refractivity contribution is 5.66. The minimum Gasteiger partial charge on any atom is -0.478 e. The molecule has 1 aliphatic carbocycles. The summed E-state index contributed by atoms with van der Waals surface area (Å²) in [4.78, 5) is 16.1. The lowest BCUT2D eigenvalue weighted by molar-refractivity contribution is -0.150. The third-order valence-electron chi connectivity index (χ3n) is 4.75. The molecule has 0 spiro atoms. The van der Waals surface area contributed by atoms with Gasteiger partial charge in [-0.25, -0.2) is 4.98 Å². The van der Waals surface area contributed by atoms with Gasteiger partial charge in [0.25, 0.3) is 0 Å². The monoisotopic (exact) mass is 352 g/mol. The van der Waals surface area contributed by atoms with Gasteiger partial charge in [-0.05, 0) is 30.2 Å². The average Bonchev–Trinajstić information content (AvgIpc) is 3.12. The van der Waals surface area contributed by atoms with Crippen molar-refractivity contribution in [1.29, 1.82) is 0 Å². The Bertz CT molecular complexity index is 979. The van der Waals surface area contributed by atoms with E-state index >= 15 is 0 Å². The molecule has 2 atom stereocenters. The van der Waals surface area contributed by atoms with Crippen molar-refractivity contribution in [3.05, 3.63) is 65.1 Å². The fourth-order valence-corrected chi connectivity index (χ4v) is 3.60. The highest BCUT2D eigenvalue weighted by Gasteiger charge is 2.37. The lowest BCUT2D eigenvalue weighted by atomic mass is 10.1. The second-order valence-electron chi connectivity index (χ2n) is 6.46. The number of aromatic nitrogens is 2. The number of imidazole rings is 1.